The van der Waals surface area contributed by atoms with Crippen molar-refractivity contribution in [3.05, 3.63) is 38.9 Å². The Morgan fingerprint density at radius 1 is 1.41 bits per heavy atom. The first-order valence-corrected chi connectivity index (χ1v) is 10.4. The summed E-state index contributed by atoms with van der Waals surface area (Å²) in [6.07, 6.45) is 4.16. The second kappa shape index (κ2) is 6.19. The van der Waals surface area contributed by atoms with E-state index in [1.54, 1.807) is 4.57 Å². The summed E-state index contributed by atoms with van der Waals surface area (Å²) in [5, 5.41) is 13.0. The number of nitrogens with zero attached hydrogens (tertiary/aromatic N) is 2. The van der Waals surface area contributed by atoms with Crippen LogP contribution in [0.25, 0.3) is 10.9 Å². The minimum Gasteiger partial charge on any atom is -0.477 e. The number of pyridine rings is 1. The summed E-state index contributed by atoms with van der Waals surface area (Å²) in [5.74, 6) is -1.47. The van der Waals surface area contributed by atoms with Gasteiger partial charge in [-0.05, 0) is 43.7 Å². The topological polar surface area (TPSA) is 74.6 Å². The van der Waals surface area contributed by atoms with Crippen molar-refractivity contribution in [3.63, 3.8) is 0 Å². The molecular weight excluding hydrogens is 397 g/mol. The number of anilines is 1. The van der Waals surface area contributed by atoms with E-state index in [0.717, 1.165) is 19.3 Å². The number of fused-ring (bicyclic) bond motifs is 2. The normalized spacial score (nSPS) is 28.5. The van der Waals surface area contributed by atoms with Gasteiger partial charge in [0.2, 0.25) is 5.43 Å². The van der Waals surface area contributed by atoms with Crippen LogP contribution in [-0.2, 0) is 0 Å². The fraction of sp³-hybridized carbons (Fsp3) is 0.524. The van der Waals surface area contributed by atoms with Gasteiger partial charge in [-0.1, -0.05) is 18.5 Å². The van der Waals surface area contributed by atoms with E-state index in [4.69, 9.17) is 11.6 Å². The summed E-state index contributed by atoms with van der Waals surface area (Å²) >= 11 is 6.73. The van der Waals surface area contributed by atoms with E-state index in [9.17, 15) is 14.7 Å². The summed E-state index contributed by atoms with van der Waals surface area (Å²) in [6, 6.07) is 1.67. The fourth-order valence-electron chi connectivity index (χ4n) is 5.38. The van der Waals surface area contributed by atoms with Gasteiger partial charge in [-0.25, -0.2) is 9.18 Å². The minimum absolute atomic E-state index is 0.0320. The first kappa shape index (κ1) is 18.9. The zero-order valence-corrected chi connectivity index (χ0v) is 17.1. The molecule has 1 saturated heterocycles. The summed E-state index contributed by atoms with van der Waals surface area (Å²) in [4.78, 5) is 26.2. The van der Waals surface area contributed by atoms with Gasteiger partial charge in [-0.15, -0.1) is 0 Å². The molecule has 6 nitrogen and oxygen atoms in total. The molecule has 0 unspecified atom stereocenters. The maximum Gasteiger partial charge on any atom is 0.341 e. The monoisotopic (exact) mass is 419 g/mol. The van der Waals surface area contributed by atoms with Crippen molar-refractivity contribution < 1.29 is 14.3 Å². The van der Waals surface area contributed by atoms with Crippen LogP contribution in [-0.4, -0.2) is 41.8 Å². The Balaban J connectivity index is 1.69. The van der Waals surface area contributed by atoms with Crippen LogP contribution in [0.3, 0.4) is 0 Å². The summed E-state index contributed by atoms with van der Waals surface area (Å²) in [7, 11) is 1.95. The van der Waals surface area contributed by atoms with Crippen LogP contribution >= 0.6 is 11.6 Å². The number of nitrogens with one attached hydrogen (secondary N) is 1. The quantitative estimate of drug-likeness (QED) is 0.795. The zero-order chi connectivity index (χ0) is 20.7. The highest BCUT2D eigenvalue weighted by atomic mass is 35.5. The van der Waals surface area contributed by atoms with E-state index in [-0.39, 0.29) is 27.4 Å². The van der Waals surface area contributed by atoms with Crippen LogP contribution in [0.15, 0.2) is 17.1 Å². The van der Waals surface area contributed by atoms with Gasteiger partial charge < -0.3 is 19.9 Å². The summed E-state index contributed by atoms with van der Waals surface area (Å²) in [6.45, 7) is 3.63. The second-order valence-electron chi connectivity index (χ2n) is 8.97. The third kappa shape index (κ3) is 2.63. The highest BCUT2D eigenvalue weighted by Crippen LogP contribution is 2.54. The standard InChI is InChI=1S/C21H23ClFN3O3/c1-21-6-15(24-2)13(21)8-25(9-21)18-14(23)5-11-17(16(18)22)26(10-3-4-10)7-12(19(11)27)20(28)29/h5,7,10,13,15,24H,3-4,6,8-9H2,1-2H3,(H,28,29)/t13-,15-,21-/m0/s1. The van der Waals surface area contributed by atoms with Crippen molar-refractivity contribution in [2.75, 3.05) is 25.0 Å². The number of carbonyl (C=O) groups is 1. The van der Waals surface area contributed by atoms with Gasteiger partial charge in [0.1, 0.15) is 11.4 Å². The Bertz CT molecular complexity index is 1110. The van der Waals surface area contributed by atoms with Crippen molar-refractivity contribution in [2.45, 2.75) is 38.3 Å². The molecule has 2 saturated carbocycles. The average molecular weight is 420 g/mol. The third-order valence-corrected chi connectivity index (χ3v) is 7.44. The number of hydrogen-bond donors (Lipinski definition) is 2. The number of aromatic carboxylic acids is 1. The predicted molar refractivity (Wildman–Crippen MR) is 110 cm³/mol. The maximum absolute atomic E-state index is 15.2. The molecule has 3 fully saturated rings. The van der Waals surface area contributed by atoms with Crippen molar-refractivity contribution in [2.24, 2.45) is 11.3 Å². The van der Waals surface area contributed by atoms with Gasteiger partial charge in [0, 0.05) is 31.4 Å². The van der Waals surface area contributed by atoms with Crippen LogP contribution in [0, 0.1) is 17.2 Å². The first-order chi connectivity index (χ1) is 13.7. The SMILES string of the molecule is CN[C@H]1C[C@@]2(C)CN(c3c(F)cc4c(=O)c(C(=O)O)cn(C5CC5)c4c3Cl)C[C@@H]12. The molecule has 2 aromatic rings. The lowest BCUT2D eigenvalue weighted by Crippen LogP contribution is -2.54. The van der Waals surface area contributed by atoms with Gasteiger partial charge in [0.15, 0.2) is 0 Å². The van der Waals surface area contributed by atoms with Crippen LogP contribution in [0.5, 0.6) is 0 Å². The Kier molecular flexibility index (Phi) is 4.03. The zero-order valence-electron chi connectivity index (χ0n) is 16.3. The second-order valence-corrected chi connectivity index (χ2v) is 9.35. The van der Waals surface area contributed by atoms with Crippen molar-refractivity contribution in [3.8, 4) is 0 Å². The van der Waals surface area contributed by atoms with Crippen molar-refractivity contribution in [1.82, 2.24) is 9.88 Å². The fourth-order valence-corrected chi connectivity index (χ4v) is 5.79. The van der Waals surface area contributed by atoms with Gasteiger partial charge in [-0.3, -0.25) is 4.79 Å². The molecule has 8 heteroatoms. The number of halogens is 2. The lowest BCUT2D eigenvalue weighted by Gasteiger charge is -2.48. The smallest absolute Gasteiger partial charge is 0.341 e. The lowest BCUT2D eigenvalue weighted by atomic mass is 9.60. The number of benzene rings is 1. The van der Waals surface area contributed by atoms with E-state index in [2.05, 4.69) is 12.2 Å². The van der Waals surface area contributed by atoms with E-state index < -0.39 is 17.2 Å². The first-order valence-electron chi connectivity index (χ1n) is 9.97. The molecule has 1 aliphatic heterocycles. The largest absolute Gasteiger partial charge is 0.477 e. The molecule has 29 heavy (non-hydrogen) atoms. The number of carboxylic acids is 1. The third-order valence-electron chi connectivity index (χ3n) is 7.08. The highest BCUT2D eigenvalue weighted by Gasteiger charge is 2.55. The molecule has 2 heterocycles. The molecule has 3 atom stereocenters. The van der Waals surface area contributed by atoms with E-state index in [1.807, 2.05) is 11.9 Å². The molecule has 154 valence electrons. The molecule has 1 aromatic carbocycles. The molecule has 0 radical (unpaired) electrons. The van der Waals surface area contributed by atoms with Crippen molar-refractivity contribution >= 4 is 34.2 Å². The van der Waals surface area contributed by atoms with Crippen LogP contribution < -0.4 is 15.6 Å². The number of rotatable bonds is 4. The molecule has 2 aliphatic carbocycles. The Morgan fingerprint density at radius 3 is 2.76 bits per heavy atom. The number of aromatic nitrogens is 1. The molecule has 1 aromatic heterocycles. The van der Waals surface area contributed by atoms with Gasteiger partial charge in [0.05, 0.1) is 21.6 Å². The molecule has 0 amide bonds. The number of carboxylic acid groups (broad SMARTS) is 1. The Hall–Kier alpha value is -2.12. The average Bonchev–Trinajstić information content (AvgIpc) is 3.45. The van der Waals surface area contributed by atoms with E-state index in [1.165, 1.54) is 12.3 Å². The van der Waals surface area contributed by atoms with Crippen molar-refractivity contribution in [1.29, 1.82) is 0 Å². The molecule has 5 rings (SSSR count). The lowest BCUT2D eigenvalue weighted by molar-refractivity contribution is 0.0577. The van der Waals surface area contributed by atoms with E-state index in [0.29, 0.717) is 36.3 Å². The van der Waals surface area contributed by atoms with Crippen LogP contribution in [0.4, 0.5) is 10.1 Å². The van der Waals surface area contributed by atoms with Crippen LogP contribution in [0.1, 0.15) is 42.6 Å². The number of hydrogen-bond acceptors (Lipinski definition) is 4. The van der Waals surface area contributed by atoms with Gasteiger partial charge >= 0.3 is 5.97 Å². The highest BCUT2D eigenvalue weighted by molar-refractivity contribution is 6.38. The van der Waals surface area contributed by atoms with Gasteiger partial charge in [-0.2, -0.15) is 0 Å². The predicted octanol–water partition coefficient (Wildman–Crippen LogP) is 3.26. The molecule has 0 bridgehead atoms. The molecule has 3 aliphatic rings. The Morgan fingerprint density at radius 2 is 2.14 bits per heavy atom. The summed E-state index contributed by atoms with van der Waals surface area (Å²) < 4.78 is 17.0. The van der Waals surface area contributed by atoms with E-state index >= 15 is 4.39 Å². The van der Waals surface area contributed by atoms with Gasteiger partial charge in [0.25, 0.3) is 0 Å². The molecule has 0 spiro atoms. The summed E-state index contributed by atoms with van der Waals surface area (Å²) in [5.41, 5.74) is -0.171. The minimum atomic E-state index is -1.31. The van der Waals surface area contributed by atoms with Crippen LogP contribution in [0.2, 0.25) is 5.02 Å². The molecular formula is C21H23ClFN3O3. The maximum atomic E-state index is 15.2. The Labute approximate surface area is 172 Å². The molecule has 2 N–H and O–H groups in total.